The molecular weight excluding hydrogens is 166 g/mol. The largest absolute Gasteiger partial charge is 0.395 e. The van der Waals surface area contributed by atoms with Crippen LogP contribution < -0.4 is 0 Å². The number of rotatable bonds is 4. The number of alkyl halides is 1. The lowest BCUT2D eigenvalue weighted by Gasteiger charge is -2.25. The normalized spacial score (nSPS) is 16.5. The van der Waals surface area contributed by atoms with Crippen LogP contribution in [0, 0.1) is 0 Å². The molecule has 0 spiro atoms. The molecule has 10 heavy (non-hydrogen) atoms. The van der Waals surface area contributed by atoms with Gasteiger partial charge in [0.05, 0.1) is 21.1 Å². The maximum atomic E-state index is 5.77. The highest BCUT2D eigenvalue weighted by molar-refractivity contribution is 6.31. The van der Waals surface area contributed by atoms with E-state index < -0.39 is 0 Å². The van der Waals surface area contributed by atoms with Crippen molar-refractivity contribution < 1.29 is 8.89 Å². The average molecular weight is 183 g/mol. The second-order valence-electron chi connectivity index (χ2n) is 3.45. The fourth-order valence-electron chi connectivity index (χ4n) is 0.607. The molecule has 0 heterocycles. The Morgan fingerprint density at radius 3 is 2.30 bits per heavy atom. The molecule has 0 radical (unpaired) electrons. The summed E-state index contributed by atoms with van der Waals surface area (Å²) < 4.78 is 6.01. The summed E-state index contributed by atoms with van der Waals surface area (Å²) in [5.74, 6) is 0. The van der Waals surface area contributed by atoms with E-state index in [1.54, 1.807) is 7.11 Å². The second kappa shape index (κ2) is 4.33. The van der Waals surface area contributed by atoms with E-state index in [0.29, 0.717) is 0 Å². The van der Waals surface area contributed by atoms with Crippen LogP contribution in [0.15, 0.2) is 0 Å². The van der Waals surface area contributed by atoms with Gasteiger partial charge >= 0.3 is 0 Å². The van der Waals surface area contributed by atoms with Crippen LogP contribution in [-0.4, -0.2) is 47.6 Å². The van der Waals surface area contributed by atoms with Gasteiger partial charge in [0.15, 0.2) is 0 Å². The van der Waals surface area contributed by atoms with Gasteiger partial charge in [-0.3, -0.25) is 0 Å². The minimum atomic E-state index is -0.128. The van der Waals surface area contributed by atoms with Crippen molar-refractivity contribution in [1.82, 2.24) is 0 Å². The van der Waals surface area contributed by atoms with Crippen molar-refractivity contribution in [2.45, 2.75) is 11.6 Å². The zero-order valence-electron chi connectivity index (χ0n) is 7.22. The van der Waals surface area contributed by atoms with Crippen molar-refractivity contribution in [2.75, 3.05) is 28.3 Å². The molecule has 0 fully saturated rings. The lowest BCUT2D eigenvalue weighted by Crippen LogP contribution is -2.39. The van der Waals surface area contributed by atoms with E-state index in [9.17, 15) is 0 Å². The van der Waals surface area contributed by atoms with Crippen LogP contribution in [-0.2, 0) is 4.74 Å². The topological polar surface area (TPSA) is 9.23 Å². The predicted molar refractivity (Wildman–Crippen MR) is 48.0 cm³/mol. The fourth-order valence-corrected chi connectivity index (χ4v) is 2.11. The van der Waals surface area contributed by atoms with E-state index in [4.69, 9.17) is 16.3 Å². The maximum absolute atomic E-state index is 5.77. The molecule has 0 aromatic heterocycles. The fraction of sp³-hybridized carbons (Fsp3) is 1.00. The standard InChI is InChI=1S/C6H17ClNOSi/c1-8(2,3)10-5-6(7)9-4/h6H,5,10H2,1-4H3/q+1. The summed E-state index contributed by atoms with van der Waals surface area (Å²) in [5.41, 5.74) is -0.0657. The number of hydrogen-bond donors (Lipinski definition) is 0. The van der Waals surface area contributed by atoms with Crippen molar-refractivity contribution in [3.63, 3.8) is 0 Å². The highest BCUT2D eigenvalue weighted by Gasteiger charge is 2.12. The summed E-state index contributed by atoms with van der Waals surface area (Å²) in [5, 5.41) is 0. The van der Waals surface area contributed by atoms with E-state index >= 15 is 0 Å². The van der Waals surface area contributed by atoms with Gasteiger partial charge in [0, 0.05) is 13.2 Å². The first-order chi connectivity index (χ1) is 4.45. The first-order valence-electron chi connectivity index (χ1n) is 3.43. The van der Waals surface area contributed by atoms with Gasteiger partial charge in [0.1, 0.15) is 5.56 Å². The van der Waals surface area contributed by atoms with Gasteiger partial charge < -0.3 is 8.89 Å². The Hall–Kier alpha value is 0.427. The SMILES string of the molecule is COC(Cl)C[SiH2][N+](C)(C)C. The Balaban J connectivity index is 3.36. The molecule has 1 atom stereocenters. The van der Waals surface area contributed by atoms with Crippen LogP contribution in [0.25, 0.3) is 0 Å². The molecule has 0 saturated carbocycles. The van der Waals surface area contributed by atoms with Gasteiger partial charge in [0.2, 0.25) is 0 Å². The Morgan fingerprint density at radius 2 is 2.00 bits per heavy atom. The summed E-state index contributed by atoms with van der Waals surface area (Å²) in [4.78, 5) is 0. The first kappa shape index (κ1) is 10.4. The number of nitrogens with zero attached hydrogens (tertiary/aromatic N) is 1. The van der Waals surface area contributed by atoms with Gasteiger partial charge in [-0.25, -0.2) is 0 Å². The van der Waals surface area contributed by atoms with E-state index in [1.807, 2.05) is 0 Å². The molecule has 0 saturated heterocycles. The van der Waals surface area contributed by atoms with E-state index in [0.717, 1.165) is 10.2 Å². The highest BCUT2D eigenvalue weighted by Crippen LogP contribution is 2.04. The molecule has 62 valence electrons. The van der Waals surface area contributed by atoms with Gasteiger partial charge in [0.25, 0.3) is 9.68 Å². The summed E-state index contributed by atoms with van der Waals surface area (Å²) in [6.07, 6.45) is 0. The van der Waals surface area contributed by atoms with Crippen molar-refractivity contribution in [3.8, 4) is 0 Å². The highest BCUT2D eigenvalue weighted by atomic mass is 35.5. The van der Waals surface area contributed by atoms with Crippen LogP contribution in [0.3, 0.4) is 0 Å². The molecule has 0 aromatic carbocycles. The zero-order chi connectivity index (χ0) is 8.20. The Labute approximate surface area is 70.6 Å². The molecule has 0 aliphatic heterocycles. The minimum absolute atomic E-state index is 0.0657. The number of methoxy groups -OCH3 is 1. The number of quaternary nitrogens is 1. The molecule has 0 bridgehead atoms. The van der Waals surface area contributed by atoms with E-state index in [-0.39, 0.29) is 15.2 Å². The Kier molecular flexibility index (Phi) is 4.52. The molecule has 0 aliphatic rings. The molecule has 0 rings (SSSR count). The van der Waals surface area contributed by atoms with Crippen LogP contribution in [0.1, 0.15) is 0 Å². The van der Waals surface area contributed by atoms with E-state index in [1.165, 1.54) is 0 Å². The van der Waals surface area contributed by atoms with Gasteiger partial charge in [-0.15, -0.1) is 0 Å². The molecule has 0 aliphatic carbocycles. The molecule has 2 nitrogen and oxygen atoms in total. The van der Waals surface area contributed by atoms with E-state index in [2.05, 4.69) is 21.1 Å². The average Bonchev–Trinajstić information content (AvgIpc) is 1.81. The van der Waals surface area contributed by atoms with Crippen molar-refractivity contribution >= 4 is 21.3 Å². The van der Waals surface area contributed by atoms with Gasteiger partial charge in [-0.2, -0.15) is 0 Å². The lowest BCUT2D eigenvalue weighted by atomic mass is 10.8. The zero-order valence-corrected chi connectivity index (χ0v) is 9.40. The first-order valence-corrected chi connectivity index (χ1v) is 5.50. The molecule has 1 unspecified atom stereocenters. The van der Waals surface area contributed by atoms with Crippen molar-refractivity contribution in [3.05, 3.63) is 0 Å². The van der Waals surface area contributed by atoms with Crippen LogP contribution in [0.2, 0.25) is 6.04 Å². The summed E-state index contributed by atoms with van der Waals surface area (Å²) in [7, 11) is 8.13. The molecule has 0 N–H and O–H groups in total. The molecule has 4 heteroatoms. The summed E-state index contributed by atoms with van der Waals surface area (Å²) >= 11 is 5.77. The molecule has 0 amide bonds. The van der Waals surface area contributed by atoms with Crippen molar-refractivity contribution in [2.24, 2.45) is 0 Å². The van der Waals surface area contributed by atoms with Crippen LogP contribution in [0.5, 0.6) is 0 Å². The summed E-state index contributed by atoms with van der Waals surface area (Å²) in [6.45, 7) is 0. The number of hydrogen-bond acceptors (Lipinski definition) is 1. The van der Waals surface area contributed by atoms with Gasteiger partial charge in [-0.1, -0.05) is 11.6 Å². The van der Waals surface area contributed by atoms with Crippen molar-refractivity contribution in [1.29, 1.82) is 0 Å². The minimum Gasteiger partial charge on any atom is -0.395 e. The molecular formula is C6H17ClNOSi+. The second-order valence-corrected chi connectivity index (χ2v) is 6.86. The number of halogens is 1. The number of ether oxygens (including phenoxy) is 1. The lowest BCUT2D eigenvalue weighted by molar-refractivity contribution is -0.756. The van der Waals surface area contributed by atoms with Crippen LogP contribution in [0.4, 0.5) is 0 Å². The predicted octanol–water partition coefficient (Wildman–Crippen LogP) is 0.406. The maximum Gasteiger partial charge on any atom is 0.258 e. The third-order valence-corrected chi connectivity index (χ3v) is 4.17. The molecule has 0 aromatic rings. The smallest absolute Gasteiger partial charge is 0.258 e. The quantitative estimate of drug-likeness (QED) is 0.452. The third-order valence-electron chi connectivity index (χ3n) is 1.28. The van der Waals surface area contributed by atoms with Gasteiger partial charge in [-0.05, 0) is 0 Å². The summed E-state index contributed by atoms with van der Waals surface area (Å²) in [6, 6.07) is 1.04. The monoisotopic (exact) mass is 182 g/mol. The Morgan fingerprint density at radius 1 is 1.50 bits per heavy atom. The van der Waals surface area contributed by atoms with Crippen LogP contribution >= 0.6 is 11.6 Å². The third kappa shape index (κ3) is 6.55. The Bertz CT molecular complexity index is 94.2.